The topological polar surface area (TPSA) is 26.3 Å². The van der Waals surface area contributed by atoms with Gasteiger partial charge in [0.05, 0.1) is 12.7 Å². The Balaban J connectivity index is 1.84. The van der Waals surface area contributed by atoms with E-state index in [1.54, 1.807) is 0 Å². The Kier molecular flexibility index (Phi) is 3.51. The highest BCUT2D eigenvalue weighted by Gasteiger charge is 2.14. The first-order valence-electron chi connectivity index (χ1n) is 5.54. The molecule has 0 aromatic heterocycles. The van der Waals surface area contributed by atoms with E-state index in [9.17, 15) is 4.79 Å². The Morgan fingerprint density at radius 1 is 1.20 bits per heavy atom. The van der Waals surface area contributed by atoms with Crippen molar-refractivity contribution < 1.29 is 9.53 Å². The van der Waals surface area contributed by atoms with Crippen molar-refractivity contribution in [2.24, 2.45) is 0 Å². The summed E-state index contributed by atoms with van der Waals surface area (Å²) < 4.78 is 5.77. The van der Waals surface area contributed by atoms with Crippen molar-refractivity contribution in [3.05, 3.63) is 35.4 Å². The molecule has 0 atom stereocenters. The Hall–Kier alpha value is -1.15. The van der Waals surface area contributed by atoms with Crippen molar-refractivity contribution in [1.82, 2.24) is 0 Å². The normalized spacial score (nSPS) is 16.8. The van der Waals surface area contributed by atoms with Crippen molar-refractivity contribution in [2.45, 2.75) is 38.4 Å². The number of rotatable bonds is 4. The van der Waals surface area contributed by atoms with Crippen molar-refractivity contribution >= 4 is 6.29 Å². The van der Waals surface area contributed by atoms with Crippen molar-refractivity contribution in [3.8, 4) is 0 Å². The smallest absolute Gasteiger partial charge is 0.150 e. The SMILES string of the molecule is O=Cc1ccc(COC2CCCC2)cc1. The van der Waals surface area contributed by atoms with Gasteiger partial charge in [-0.3, -0.25) is 4.79 Å². The molecule has 0 bridgehead atoms. The van der Waals surface area contributed by atoms with E-state index in [1.807, 2.05) is 24.3 Å². The quantitative estimate of drug-likeness (QED) is 0.705. The van der Waals surface area contributed by atoms with E-state index in [2.05, 4.69) is 0 Å². The van der Waals surface area contributed by atoms with Crippen molar-refractivity contribution in [3.63, 3.8) is 0 Å². The lowest BCUT2D eigenvalue weighted by atomic mass is 10.1. The van der Waals surface area contributed by atoms with E-state index in [1.165, 1.54) is 25.7 Å². The maximum absolute atomic E-state index is 10.5. The second kappa shape index (κ2) is 5.08. The zero-order valence-electron chi connectivity index (χ0n) is 8.82. The van der Waals surface area contributed by atoms with Crippen LogP contribution in [-0.2, 0) is 11.3 Å². The largest absolute Gasteiger partial charge is 0.374 e. The molecule has 1 saturated carbocycles. The number of carbonyl (C=O) groups excluding carboxylic acids is 1. The van der Waals surface area contributed by atoms with E-state index >= 15 is 0 Å². The first-order chi connectivity index (χ1) is 7.38. The molecule has 0 N–H and O–H groups in total. The summed E-state index contributed by atoms with van der Waals surface area (Å²) in [5.41, 5.74) is 1.87. The first-order valence-corrected chi connectivity index (χ1v) is 5.54. The number of ether oxygens (including phenoxy) is 1. The Morgan fingerprint density at radius 2 is 1.87 bits per heavy atom. The summed E-state index contributed by atoms with van der Waals surface area (Å²) in [6.45, 7) is 0.670. The Bertz CT molecular complexity index is 310. The summed E-state index contributed by atoms with van der Waals surface area (Å²) in [6, 6.07) is 7.58. The summed E-state index contributed by atoms with van der Waals surface area (Å²) in [5.74, 6) is 0. The molecule has 0 unspecified atom stereocenters. The van der Waals surface area contributed by atoms with Crippen LogP contribution < -0.4 is 0 Å². The standard InChI is InChI=1S/C13H16O2/c14-9-11-5-7-12(8-6-11)10-15-13-3-1-2-4-13/h5-9,13H,1-4,10H2. The molecule has 1 aromatic rings. The molecule has 2 rings (SSSR count). The number of carbonyl (C=O) groups is 1. The second-order valence-corrected chi connectivity index (χ2v) is 4.08. The van der Waals surface area contributed by atoms with E-state index in [-0.39, 0.29) is 0 Å². The van der Waals surface area contributed by atoms with Crippen LogP contribution in [-0.4, -0.2) is 12.4 Å². The lowest BCUT2D eigenvalue weighted by Crippen LogP contribution is -2.06. The van der Waals surface area contributed by atoms with Crippen molar-refractivity contribution in [1.29, 1.82) is 0 Å². The highest BCUT2D eigenvalue weighted by molar-refractivity contribution is 5.74. The van der Waals surface area contributed by atoms with Gasteiger partial charge in [0.25, 0.3) is 0 Å². The fraction of sp³-hybridized carbons (Fsp3) is 0.462. The van der Waals surface area contributed by atoms with Gasteiger partial charge in [0.15, 0.2) is 0 Å². The number of hydrogen-bond donors (Lipinski definition) is 0. The molecule has 15 heavy (non-hydrogen) atoms. The summed E-state index contributed by atoms with van der Waals surface area (Å²) in [7, 11) is 0. The molecule has 80 valence electrons. The van der Waals surface area contributed by atoms with E-state index in [0.29, 0.717) is 12.7 Å². The molecule has 0 heterocycles. The minimum Gasteiger partial charge on any atom is -0.374 e. The highest BCUT2D eigenvalue weighted by Crippen LogP contribution is 2.22. The van der Waals surface area contributed by atoms with Gasteiger partial charge in [-0.25, -0.2) is 0 Å². The van der Waals surface area contributed by atoms with Crippen LogP contribution in [0.15, 0.2) is 24.3 Å². The Morgan fingerprint density at radius 3 is 2.47 bits per heavy atom. The first kappa shape index (κ1) is 10.4. The summed E-state index contributed by atoms with van der Waals surface area (Å²) >= 11 is 0. The van der Waals surface area contributed by atoms with Gasteiger partial charge in [0, 0.05) is 5.56 Å². The number of aldehydes is 1. The zero-order valence-corrected chi connectivity index (χ0v) is 8.82. The van der Waals surface area contributed by atoms with Crippen LogP contribution >= 0.6 is 0 Å². The van der Waals surface area contributed by atoms with Crippen LogP contribution in [0.4, 0.5) is 0 Å². The molecule has 1 aliphatic carbocycles. The number of hydrogen-bond acceptors (Lipinski definition) is 2. The predicted octanol–water partition coefficient (Wildman–Crippen LogP) is 2.96. The van der Waals surface area contributed by atoms with E-state index in [0.717, 1.165) is 17.4 Å². The number of benzene rings is 1. The molecule has 0 amide bonds. The van der Waals surface area contributed by atoms with E-state index < -0.39 is 0 Å². The molecule has 1 aromatic carbocycles. The molecule has 2 nitrogen and oxygen atoms in total. The summed E-state index contributed by atoms with van der Waals surface area (Å²) in [4.78, 5) is 10.5. The van der Waals surface area contributed by atoms with Gasteiger partial charge >= 0.3 is 0 Å². The van der Waals surface area contributed by atoms with Crippen LogP contribution in [0.1, 0.15) is 41.6 Å². The maximum atomic E-state index is 10.5. The third-order valence-corrected chi connectivity index (χ3v) is 2.90. The van der Waals surface area contributed by atoms with Crippen LogP contribution in [0, 0.1) is 0 Å². The monoisotopic (exact) mass is 204 g/mol. The molecule has 2 heteroatoms. The van der Waals surface area contributed by atoms with Gasteiger partial charge in [-0.15, -0.1) is 0 Å². The third-order valence-electron chi connectivity index (χ3n) is 2.90. The average molecular weight is 204 g/mol. The molecule has 1 aliphatic rings. The maximum Gasteiger partial charge on any atom is 0.150 e. The molecule has 0 aliphatic heterocycles. The second-order valence-electron chi connectivity index (χ2n) is 4.08. The minimum absolute atomic E-state index is 0.454. The summed E-state index contributed by atoms with van der Waals surface area (Å²) in [6.07, 6.45) is 6.32. The molecule has 0 spiro atoms. The molecular weight excluding hydrogens is 188 g/mol. The van der Waals surface area contributed by atoms with Gasteiger partial charge in [0.2, 0.25) is 0 Å². The fourth-order valence-corrected chi connectivity index (χ4v) is 1.96. The molecule has 1 fully saturated rings. The van der Waals surface area contributed by atoms with Crippen LogP contribution in [0.5, 0.6) is 0 Å². The molecule has 0 radical (unpaired) electrons. The summed E-state index contributed by atoms with van der Waals surface area (Å²) in [5, 5.41) is 0. The van der Waals surface area contributed by atoms with Crippen LogP contribution in [0.2, 0.25) is 0 Å². The van der Waals surface area contributed by atoms with Gasteiger partial charge in [-0.1, -0.05) is 37.1 Å². The lowest BCUT2D eigenvalue weighted by molar-refractivity contribution is 0.0457. The van der Waals surface area contributed by atoms with Gasteiger partial charge < -0.3 is 4.74 Å². The average Bonchev–Trinajstić information content (AvgIpc) is 2.80. The fourth-order valence-electron chi connectivity index (χ4n) is 1.96. The van der Waals surface area contributed by atoms with Gasteiger partial charge in [-0.2, -0.15) is 0 Å². The highest BCUT2D eigenvalue weighted by atomic mass is 16.5. The van der Waals surface area contributed by atoms with E-state index in [4.69, 9.17) is 4.74 Å². The molecule has 0 saturated heterocycles. The zero-order chi connectivity index (χ0) is 10.5. The third kappa shape index (κ3) is 2.90. The lowest BCUT2D eigenvalue weighted by Gasteiger charge is -2.10. The Labute approximate surface area is 90.3 Å². The van der Waals surface area contributed by atoms with Crippen molar-refractivity contribution in [2.75, 3.05) is 0 Å². The van der Waals surface area contributed by atoms with Gasteiger partial charge in [0.1, 0.15) is 6.29 Å². The molecular formula is C13H16O2. The van der Waals surface area contributed by atoms with Crippen LogP contribution in [0.3, 0.4) is 0 Å². The van der Waals surface area contributed by atoms with Gasteiger partial charge in [-0.05, 0) is 18.4 Å². The minimum atomic E-state index is 0.454. The van der Waals surface area contributed by atoms with Crippen LogP contribution in [0.25, 0.3) is 0 Å². The predicted molar refractivity (Wildman–Crippen MR) is 58.9 cm³/mol.